The predicted octanol–water partition coefficient (Wildman–Crippen LogP) is 3.33. The van der Waals surface area contributed by atoms with Crippen molar-refractivity contribution >= 4 is 27.3 Å². The molecule has 2 N–H and O–H groups in total. The number of rotatable bonds is 4. The lowest BCUT2D eigenvalue weighted by molar-refractivity contribution is 0.199. The van der Waals surface area contributed by atoms with Gasteiger partial charge in [0.15, 0.2) is 0 Å². The topological polar surface area (TPSA) is 66.4 Å². The number of sulfonamides is 1. The van der Waals surface area contributed by atoms with E-state index in [2.05, 4.69) is 4.72 Å². The largest absolute Gasteiger partial charge is 0.389 e. The Morgan fingerprint density at radius 1 is 1.19 bits per heavy atom. The van der Waals surface area contributed by atoms with Gasteiger partial charge in [0, 0.05) is 0 Å². The molecular weight excluding hydrogens is 317 g/mol. The van der Waals surface area contributed by atoms with E-state index in [4.69, 9.17) is 11.6 Å². The molecule has 0 radical (unpaired) electrons. The molecule has 0 bridgehead atoms. The van der Waals surface area contributed by atoms with Crippen LogP contribution in [0, 0.1) is 5.82 Å². The number of nitrogens with one attached hydrogen (secondary N) is 1. The van der Waals surface area contributed by atoms with Crippen molar-refractivity contribution in [1.29, 1.82) is 0 Å². The van der Waals surface area contributed by atoms with Gasteiger partial charge >= 0.3 is 0 Å². The summed E-state index contributed by atoms with van der Waals surface area (Å²) in [5.41, 5.74) is 0.564. The van der Waals surface area contributed by atoms with E-state index in [0.29, 0.717) is 5.56 Å². The molecule has 1 unspecified atom stereocenters. The van der Waals surface area contributed by atoms with Gasteiger partial charge in [-0.3, -0.25) is 4.72 Å². The van der Waals surface area contributed by atoms with E-state index in [9.17, 15) is 17.9 Å². The average molecular weight is 330 g/mol. The van der Waals surface area contributed by atoms with Gasteiger partial charge in [0.2, 0.25) is 0 Å². The Bertz CT molecular complexity index is 745. The lowest BCUT2D eigenvalue weighted by Gasteiger charge is -2.11. The van der Waals surface area contributed by atoms with Gasteiger partial charge in [-0.15, -0.1) is 0 Å². The van der Waals surface area contributed by atoms with Gasteiger partial charge in [-0.05, 0) is 42.8 Å². The molecule has 2 aromatic carbocycles. The summed E-state index contributed by atoms with van der Waals surface area (Å²) in [5.74, 6) is -0.596. The van der Waals surface area contributed by atoms with Crippen molar-refractivity contribution in [3.05, 3.63) is 58.9 Å². The van der Waals surface area contributed by atoms with E-state index in [1.54, 1.807) is 6.92 Å². The second-order valence-corrected chi connectivity index (χ2v) is 6.56. The maximum Gasteiger partial charge on any atom is 0.261 e. The molecule has 0 saturated carbocycles. The molecule has 0 fully saturated rings. The van der Waals surface area contributed by atoms with Gasteiger partial charge in [0.25, 0.3) is 10.0 Å². The van der Waals surface area contributed by atoms with Gasteiger partial charge in [0.1, 0.15) is 5.82 Å². The molecule has 0 saturated heterocycles. The van der Waals surface area contributed by atoms with Gasteiger partial charge in [0.05, 0.1) is 21.7 Å². The molecule has 0 aliphatic carbocycles. The summed E-state index contributed by atoms with van der Waals surface area (Å²) < 4.78 is 39.8. The van der Waals surface area contributed by atoms with Crippen LogP contribution in [0.3, 0.4) is 0 Å². The fourth-order valence-corrected chi connectivity index (χ4v) is 3.00. The molecule has 112 valence electrons. The van der Waals surface area contributed by atoms with Gasteiger partial charge in [-0.2, -0.15) is 0 Å². The minimum Gasteiger partial charge on any atom is -0.389 e. The third kappa shape index (κ3) is 3.72. The normalized spacial score (nSPS) is 13.0. The molecule has 2 rings (SSSR count). The fourth-order valence-electron chi connectivity index (χ4n) is 1.70. The minimum absolute atomic E-state index is 0.00720. The lowest BCUT2D eigenvalue weighted by atomic mass is 10.1. The zero-order chi connectivity index (χ0) is 15.6. The van der Waals surface area contributed by atoms with Crippen LogP contribution in [0.4, 0.5) is 10.1 Å². The van der Waals surface area contributed by atoms with Crippen LogP contribution in [0.15, 0.2) is 47.4 Å². The summed E-state index contributed by atoms with van der Waals surface area (Å²) in [7, 11) is -3.88. The molecule has 1 atom stereocenters. The molecule has 0 aliphatic heterocycles. The van der Waals surface area contributed by atoms with Gasteiger partial charge < -0.3 is 5.11 Å². The molecule has 4 nitrogen and oxygen atoms in total. The third-order valence-corrected chi connectivity index (χ3v) is 4.56. The number of hydrogen-bond donors (Lipinski definition) is 2. The lowest BCUT2D eigenvalue weighted by Crippen LogP contribution is -2.13. The number of halogens is 2. The summed E-state index contributed by atoms with van der Waals surface area (Å²) >= 11 is 5.83. The summed E-state index contributed by atoms with van der Waals surface area (Å²) in [6.45, 7) is 1.58. The number of anilines is 1. The highest BCUT2D eigenvalue weighted by molar-refractivity contribution is 7.92. The molecule has 7 heteroatoms. The van der Waals surface area contributed by atoms with Crippen molar-refractivity contribution in [3.63, 3.8) is 0 Å². The van der Waals surface area contributed by atoms with Crippen LogP contribution in [0.5, 0.6) is 0 Å². The Kier molecular flexibility index (Phi) is 4.51. The second kappa shape index (κ2) is 6.01. The van der Waals surface area contributed by atoms with Crippen molar-refractivity contribution in [2.24, 2.45) is 0 Å². The van der Waals surface area contributed by atoms with Crippen LogP contribution in [0.25, 0.3) is 0 Å². The summed E-state index contributed by atoms with van der Waals surface area (Å²) in [5, 5.41) is 9.49. The van der Waals surface area contributed by atoms with Crippen LogP contribution in [-0.2, 0) is 10.0 Å². The fraction of sp³-hybridized carbons (Fsp3) is 0.143. The quantitative estimate of drug-likeness (QED) is 0.904. The van der Waals surface area contributed by atoms with Gasteiger partial charge in [-0.25, -0.2) is 12.8 Å². The Labute approximate surface area is 127 Å². The van der Waals surface area contributed by atoms with Crippen LogP contribution in [0.1, 0.15) is 18.6 Å². The number of hydrogen-bond acceptors (Lipinski definition) is 3. The van der Waals surface area contributed by atoms with Crippen molar-refractivity contribution in [1.82, 2.24) is 0 Å². The van der Waals surface area contributed by atoms with Crippen molar-refractivity contribution in [3.8, 4) is 0 Å². The third-order valence-electron chi connectivity index (χ3n) is 2.85. The van der Waals surface area contributed by atoms with Crippen LogP contribution < -0.4 is 4.72 Å². The average Bonchev–Trinajstić information content (AvgIpc) is 2.43. The standard InChI is InChI=1S/C14H13ClFNO3S/c1-9(18)10-2-5-12(6-3-10)21(19,20)17-14-8-11(16)4-7-13(14)15/h2-9,17-18H,1H3. The van der Waals surface area contributed by atoms with Crippen molar-refractivity contribution in [2.75, 3.05) is 4.72 Å². The van der Waals surface area contributed by atoms with Crippen LogP contribution in [0.2, 0.25) is 5.02 Å². The second-order valence-electron chi connectivity index (χ2n) is 4.47. The first-order chi connectivity index (χ1) is 9.79. The van der Waals surface area contributed by atoms with Crippen LogP contribution >= 0.6 is 11.6 Å². The molecule has 21 heavy (non-hydrogen) atoms. The smallest absolute Gasteiger partial charge is 0.261 e. The van der Waals surface area contributed by atoms with Gasteiger partial charge in [-0.1, -0.05) is 23.7 Å². The van der Waals surface area contributed by atoms with Crippen LogP contribution in [-0.4, -0.2) is 13.5 Å². The van der Waals surface area contributed by atoms with E-state index in [1.165, 1.54) is 30.3 Å². The summed E-state index contributed by atoms with van der Waals surface area (Å²) in [6.07, 6.45) is -0.688. The summed E-state index contributed by atoms with van der Waals surface area (Å²) in [6, 6.07) is 9.14. The highest BCUT2D eigenvalue weighted by Crippen LogP contribution is 2.25. The molecule has 0 spiro atoms. The highest BCUT2D eigenvalue weighted by Gasteiger charge is 2.16. The van der Waals surface area contributed by atoms with E-state index in [-0.39, 0.29) is 15.6 Å². The molecular formula is C14H13ClFNO3S. The van der Waals surface area contributed by atoms with Crippen molar-refractivity contribution in [2.45, 2.75) is 17.9 Å². The monoisotopic (exact) mass is 329 g/mol. The predicted molar refractivity (Wildman–Crippen MR) is 79.3 cm³/mol. The molecule has 0 amide bonds. The number of aliphatic hydroxyl groups excluding tert-OH is 1. The first-order valence-electron chi connectivity index (χ1n) is 6.05. The summed E-state index contributed by atoms with van der Waals surface area (Å²) in [4.78, 5) is -0.00720. The minimum atomic E-state index is -3.88. The molecule has 0 aromatic heterocycles. The van der Waals surface area contributed by atoms with Crippen molar-refractivity contribution < 1.29 is 17.9 Å². The Morgan fingerprint density at radius 3 is 2.38 bits per heavy atom. The Hall–Kier alpha value is -1.63. The maximum absolute atomic E-state index is 13.1. The van der Waals surface area contributed by atoms with E-state index < -0.39 is 21.9 Å². The van der Waals surface area contributed by atoms with E-state index >= 15 is 0 Å². The molecule has 0 heterocycles. The number of aliphatic hydroxyl groups is 1. The first kappa shape index (κ1) is 15.8. The van der Waals surface area contributed by atoms with E-state index in [1.807, 2.05) is 0 Å². The number of benzene rings is 2. The highest BCUT2D eigenvalue weighted by atomic mass is 35.5. The maximum atomic E-state index is 13.1. The molecule has 0 aliphatic rings. The zero-order valence-electron chi connectivity index (χ0n) is 11.0. The SMILES string of the molecule is CC(O)c1ccc(S(=O)(=O)Nc2cc(F)ccc2Cl)cc1. The molecule has 2 aromatic rings. The zero-order valence-corrected chi connectivity index (χ0v) is 12.6. The first-order valence-corrected chi connectivity index (χ1v) is 7.91. The Balaban J connectivity index is 2.31. The Morgan fingerprint density at radius 2 is 1.81 bits per heavy atom. The van der Waals surface area contributed by atoms with E-state index in [0.717, 1.165) is 12.1 Å².